The number of para-hydroxylation sites is 2. The molecule has 0 unspecified atom stereocenters. The molecule has 2 aromatic carbocycles. The number of halogens is 2. The highest BCUT2D eigenvalue weighted by atomic mass is 19.2. The number of nitrogens with zero attached hydrogens (tertiary/aromatic N) is 2. The fourth-order valence-corrected chi connectivity index (χ4v) is 2.69. The van der Waals surface area contributed by atoms with Gasteiger partial charge in [0.1, 0.15) is 5.82 Å². The number of nitrogens with two attached hydrogens (primary N) is 1. The van der Waals surface area contributed by atoms with Crippen LogP contribution in [-0.2, 0) is 0 Å². The molecule has 0 aliphatic heterocycles. The van der Waals surface area contributed by atoms with Crippen molar-refractivity contribution in [3.63, 3.8) is 0 Å². The van der Waals surface area contributed by atoms with Gasteiger partial charge in [0.25, 0.3) is 0 Å². The third kappa shape index (κ3) is 1.88. The minimum atomic E-state index is -0.940. The van der Waals surface area contributed by atoms with Crippen molar-refractivity contribution in [1.29, 1.82) is 0 Å². The van der Waals surface area contributed by atoms with E-state index in [4.69, 9.17) is 5.73 Å². The molecular weight excluding hydrogens is 272 g/mol. The predicted molar refractivity (Wildman–Crippen MR) is 77.8 cm³/mol. The Hall–Kier alpha value is -2.43. The van der Waals surface area contributed by atoms with Gasteiger partial charge in [-0.2, -0.15) is 0 Å². The van der Waals surface area contributed by atoms with Gasteiger partial charge in [-0.25, -0.2) is 13.8 Å². The SMILES string of the molecule is Nc1cc(F)c(F)cc1-c1nc2ccccc2n1C1CC1. The molecule has 0 radical (unpaired) electrons. The molecule has 1 aliphatic rings. The van der Waals surface area contributed by atoms with Crippen molar-refractivity contribution >= 4 is 16.7 Å². The normalized spacial score (nSPS) is 14.8. The summed E-state index contributed by atoms with van der Waals surface area (Å²) >= 11 is 0. The summed E-state index contributed by atoms with van der Waals surface area (Å²) in [4.78, 5) is 4.57. The summed E-state index contributed by atoms with van der Waals surface area (Å²) in [6.45, 7) is 0. The van der Waals surface area contributed by atoms with Crippen LogP contribution in [0.5, 0.6) is 0 Å². The molecule has 0 bridgehead atoms. The van der Waals surface area contributed by atoms with Crippen LogP contribution in [0.25, 0.3) is 22.4 Å². The van der Waals surface area contributed by atoms with E-state index in [1.165, 1.54) is 0 Å². The molecule has 21 heavy (non-hydrogen) atoms. The van der Waals surface area contributed by atoms with Crippen LogP contribution in [0.1, 0.15) is 18.9 Å². The third-order valence-corrected chi connectivity index (χ3v) is 3.84. The van der Waals surface area contributed by atoms with E-state index in [0.29, 0.717) is 17.4 Å². The number of hydrogen-bond donors (Lipinski definition) is 1. The van der Waals surface area contributed by atoms with Crippen molar-refractivity contribution in [2.75, 3.05) is 5.73 Å². The molecule has 5 heteroatoms. The minimum absolute atomic E-state index is 0.200. The molecule has 0 spiro atoms. The zero-order chi connectivity index (χ0) is 14.6. The first-order valence-electron chi connectivity index (χ1n) is 6.87. The lowest BCUT2D eigenvalue weighted by atomic mass is 10.1. The number of aromatic nitrogens is 2. The lowest BCUT2D eigenvalue weighted by Gasteiger charge is -2.10. The quantitative estimate of drug-likeness (QED) is 0.726. The Morgan fingerprint density at radius 3 is 2.57 bits per heavy atom. The van der Waals surface area contributed by atoms with Crippen molar-refractivity contribution in [2.24, 2.45) is 0 Å². The second-order valence-electron chi connectivity index (χ2n) is 5.38. The van der Waals surface area contributed by atoms with E-state index in [-0.39, 0.29) is 5.69 Å². The smallest absolute Gasteiger partial charge is 0.160 e. The zero-order valence-corrected chi connectivity index (χ0v) is 11.2. The summed E-state index contributed by atoms with van der Waals surface area (Å²) < 4.78 is 28.9. The molecule has 0 atom stereocenters. The molecule has 106 valence electrons. The number of fused-ring (bicyclic) bond motifs is 1. The monoisotopic (exact) mass is 285 g/mol. The lowest BCUT2D eigenvalue weighted by Crippen LogP contribution is -2.01. The number of nitrogen functional groups attached to an aromatic ring is 1. The maximum absolute atomic E-state index is 13.6. The van der Waals surface area contributed by atoms with Crippen molar-refractivity contribution in [3.8, 4) is 11.4 Å². The second kappa shape index (κ2) is 4.28. The van der Waals surface area contributed by atoms with Gasteiger partial charge in [0, 0.05) is 23.4 Å². The standard InChI is InChI=1S/C16H13F2N3/c17-11-7-10(13(19)8-12(11)18)16-20-14-3-1-2-4-15(14)21(16)9-5-6-9/h1-4,7-9H,5-6,19H2. The van der Waals surface area contributed by atoms with E-state index in [1.807, 2.05) is 24.3 Å². The fraction of sp³-hybridized carbons (Fsp3) is 0.188. The highest BCUT2D eigenvalue weighted by molar-refractivity contribution is 5.84. The van der Waals surface area contributed by atoms with Gasteiger partial charge >= 0.3 is 0 Å². The van der Waals surface area contributed by atoms with Gasteiger partial charge < -0.3 is 10.3 Å². The minimum Gasteiger partial charge on any atom is -0.398 e. The molecule has 2 N–H and O–H groups in total. The van der Waals surface area contributed by atoms with Crippen molar-refractivity contribution in [1.82, 2.24) is 9.55 Å². The fourth-order valence-electron chi connectivity index (χ4n) is 2.69. The Morgan fingerprint density at radius 2 is 1.81 bits per heavy atom. The van der Waals surface area contributed by atoms with Crippen LogP contribution in [0.2, 0.25) is 0 Å². The van der Waals surface area contributed by atoms with Gasteiger partial charge in [-0.1, -0.05) is 12.1 Å². The van der Waals surface area contributed by atoms with Crippen LogP contribution in [0.4, 0.5) is 14.5 Å². The van der Waals surface area contributed by atoms with Crippen LogP contribution >= 0.6 is 0 Å². The average Bonchev–Trinajstić information content (AvgIpc) is 3.23. The first-order chi connectivity index (χ1) is 10.1. The van der Waals surface area contributed by atoms with Gasteiger partial charge in [0.05, 0.1) is 11.0 Å². The summed E-state index contributed by atoms with van der Waals surface area (Å²) in [5.41, 5.74) is 8.35. The molecule has 1 saturated carbocycles. The number of anilines is 1. The van der Waals surface area contributed by atoms with E-state index in [2.05, 4.69) is 9.55 Å². The topological polar surface area (TPSA) is 43.8 Å². The van der Waals surface area contributed by atoms with E-state index in [9.17, 15) is 8.78 Å². The number of hydrogen-bond acceptors (Lipinski definition) is 2. The first kappa shape index (κ1) is 12.3. The van der Waals surface area contributed by atoms with Crippen molar-refractivity contribution in [3.05, 3.63) is 48.0 Å². The van der Waals surface area contributed by atoms with E-state index in [1.54, 1.807) is 0 Å². The highest BCUT2D eigenvalue weighted by Crippen LogP contribution is 2.42. The van der Waals surface area contributed by atoms with Gasteiger partial charge in [-0.15, -0.1) is 0 Å². The Kier molecular flexibility index (Phi) is 2.51. The number of rotatable bonds is 2. The van der Waals surface area contributed by atoms with Crippen molar-refractivity contribution < 1.29 is 8.78 Å². The van der Waals surface area contributed by atoms with Crippen molar-refractivity contribution in [2.45, 2.75) is 18.9 Å². The molecule has 3 aromatic rings. The van der Waals surface area contributed by atoms with E-state index in [0.717, 1.165) is 36.0 Å². The molecule has 1 fully saturated rings. The largest absolute Gasteiger partial charge is 0.398 e. The molecule has 4 rings (SSSR count). The Labute approximate surface area is 120 Å². The second-order valence-corrected chi connectivity index (χ2v) is 5.38. The summed E-state index contributed by atoms with van der Waals surface area (Å²) in [5, 5.41) is 0. The summed E-state index contributed by atoms with van der Waals surface area (Å²) in [6, 6.07) is 10.3. The summed E-state index contributed by atoms with van der Waals surface area (Å²) in [6.07, 6.45) is 2.13. The van der Waals surface area contributed by atoms with Gasteiger partial charge in [-0.05, 0) is 31.0 Å². The van der Waals surface area contributed by atoms with Crippen LogP contribution in [0.15, 0.2) is 36.4 Å². The van der Waals surface area contributed by atoms with Gasteiger partial charge in [0.2, 0.25) is 0 Å². The highest BCUT2D eigenvalue weighted by Gasteiger charge is 2.29. The molecule has 1 aromatic heterocycles. The number of imidazole rings is 1. The average molecular weight is 285 g/mol. The first-order valence-corrected chi connectivity index (χ1v) is 6.87. The maximum atomic E-state index is 13.6. The molecule has 1 aliphatic carbocycles. The van der Waals surface area contributed by atoms with Crippen LogP contribution < -0.4 is 5.73 Å². The Morgan fingerprint density at radius 1 is 1.10 bits per heavy atom. The Bertz CT molecular complexity index is 850. The van der Waals surface area contributed by atoms with Gasteiger partial charge in [0.15, 0.2) is 11.6 Å². The van der Waals surface area contributed by atoms with E-state index >= 15 is 0 Å². The van der Waals surface area contributed by atoms with Gasteiger partial charge in [-0.3, -0.25) is 0 Å². The molecule has 0 amide bonds. The van der Waals surface area contributed by atoms with Crippen LogP contribution in [0.3, 0.4) is 0 Å². The summed E-state index contributed by atoms with van der Waals surface area (Å²) in [5.74, 6) is -1.24. The summed E-state index contributed by atoms with van der Waals surface area (Å²) in [7, 11) is 0. The Balaban J connectivity index is 2.02. The molecular formula is C16H13F2N3. The van der Waals surface area contributed by atoms with Crippen LogP contribution in [0, 0.1) is 11.6 Å². The molecule has 3 nitrogen and oxygen atoms in total. The number of benzene rings is 2. The molecule has 0 saturated heterocycles. The zero-order valence-electron chi connectivity index (χ0n) is 11.2. The van der Waals surface area contributed by atoms with E-state index < -0.39 is 11.6 Å². The predicted octanol–water partition coefficient (Wildman–Crippen LogP) is 3.90. The lowest BCUT2D eigenvalue weighted by molar-refractivity contribution is 0.509. The molecule has 1 heterocycles. The third-order valence-electron chi connectivity index (χ3n) is 3.84. The maximum Gasteiger partial charge on any atom is 0.160 e. The van der Waals surface area contributed by atoms with Crippen LogP contribution in [-0.4, -0.2) is 9.55 Å².